The SMILES string of the molecule is CC(C)Cn1nc(-c2ccccc2)c2c(N)ncnc21. The van der Waals surface area contributed by atoms with Crippen LogP contribution in [0.1, 0.15) is 13.8 Å². The molecule has 0 aliphatic rings. The Balaban J connectivity index is 2.27. The van der Waals surface area contributed by atoms with Gasteiger partial charge in [0.15, 0.2) is 5.65 Å². The van der Waals surface area contributed by atoms with E-state index >= 15 is 0 Å². The Morgan fingerprint density at radius 3 is 2.60 bits per heavy atom. The van der Waals surface area contributed by atoms with Gasteiger partial charge in [-0.2, -0.15) is 5.10 Å². The molecule has 2 aromatic heterocycles. The van der Waals surface area contributed by atoms with Crippen LogP contribution in [0.2, 0.25) is 0 Å². The molecule has 0 aliphatic heterocycles. The molecule has 0 spiro atoms. The highest BCUT2D eigenvalue weighted by molar-refractivity contribution is 5.98. The molecule has 102 valence electrons. The minimum atomic E-state index is 0.476. The maximum Gasteiger partial charge on any atom is 0.163 e. The first-order valence-corrected chi connectivity index (χ1v) is 6.69. The van der Waals surface area contributed by atoms with Crippen molar-refractivity contribution in [3.63, 3.8) is 0 Å². The van der Waals surface area contributed by atoms with Gasteiger partial charge in [0.1, 0.15) is 17.8 Å². The summed E-state index contributed by atoms with van der Waals surface area (Å²) in [5, 5.41) is 5.53. The standard InChI is InChI=1S/C15H17N5/c1-10(2)8-20-15-12(14(16)17-9-18-15)13(19-20)11-6-4-3-5-7-11/h3-7,9-10H,8H2,1-2H3,(H2,16,17,18). The Bertz CT molecular complexity index is 731. The smallest absolute Gasteiger partial charge is 0.163 e. The molecule has 0 saturated carbocycles. The van der Waals surface area contributed by atoms with E-state index in [4.69, 9.17) is 10.8 Å². The average Bonchev–Trinajstić information content (AvgIpc) is 2.79. The summed E-state index contributed by atoms with van der Waals surface area (Å²) in [5.41, 5.74) is 8.71. The molecule has 0 atom stereocenters. The van der Waals surface area contributed by atoms with E-state index in [2.05, 4.69) is 23.8 Å². The van der Waals surface area contributed by atoms with E-state index in [9.17, 15) is 0 Å². The lowest BCUT2D eigenvalue weighted by molar-refractivity contribution is 0.493. The normalized spacial score (nSPS) is 11.3. The van der Waals surface area contributed by atoms with Gasteiger partial charge >= 0.3 is 0 Å². The van der Waals surface area contributed by atoms with Crippen molar-refractivity contribution in [2.24, 2.45) is 5.92 Å². The zero-order valence-corrected chi connectivity index (χ0v) is 11.6. The summed E-state index contributed by atoms with van der Waals surface area (Å²) in [6.07, 6.45) is 1.49. The molecule has 0 bridgehead atoms. The number of benzene rings is 1. The van der Waals surface area contributed by atoms with Crippen molar-refractivity contribution < 1.29 is 0 Å². The highest BCUT2D eigenvalue weighted by atomic mass is 15.3. The Morgan fingerprint density at radius 2 is 1.90 bits per heavy atom. The Hall–Kier alpha value is -2.43. The highest BCUT2D eigenvalue weighted by Gasteiger charge is 2.16. The van der Waals surface area contributed by atoms with E-state index in [0.29, 0.717) is 11.7 Å². The molecule has 2 N–H and O–H groups in total. The predicted molar refractivity (Wildman–Crippen MR) is 80.0 cm³/mol. The number of hydrogen-bond acceptors (Lipinski definition) is 4. The van der Waals surface area contributed by atoms with E-state index in [1.807, 2.05) is 35.0 Å². The number of nitrogens with zero attached hydrogens (tertiary/aromatic N) is 4. The molecule has 20 heavy (non-hydrogen) atoms. The van der Waals surface area contributed by atoms with Crippen molar-refractivity contribution in [1.29, 1.82) is 0 Å². The molecule has 0 amide bonds. The quantitative estimate of drug-likeness (QED) is 0.792. The van der Waals surface area contributed by atoms with Crippen LogP contribution in [0, 0.1) is 5.92 Å². The lowest BCUT2D eigenvalue weighted by atomic mass is 10.1. The molecular weight excluding hydrogens is 250 g/mol. The molecule has 1 aromatic carbocycles. The third-order valence-electron chi connectivity index (χ3n) is 3.14. The molecule has 5 heteroatoms. The van der Waals surface area contributed by atoms with E-state index < -0.39 is 0 Å². The number of rotatable bonds is 3. The van der Waals surface area contributed by atoms with Gasteiger partial charge in [-0.1, -0.05) is 44.2 Å². The van der Waals surface area contributed by atoms with Gasteiger partial charge in [0.25, 0.3) is 0 Å². The molecule has 0 fully saturated rings. The second-order valence-corrected chi connectivity index (χ2v) is 5.25. The van der Waals surface area contributed by atoms with E-state index in [-0.39, 0.29) is 0 Å². The predicted octanol–water partition coefficient (Wildman–Crippen LogP) is 2.73. The third-order valence-corrected chi connectivity index (χ3v) is 3.14. The van der Waals surface area contributed by atoms with Crippen LogP contribution >= 0.6 is 0 Å². The Kier molecular flexibility index (Phi) is 3.10. The van der Waals surface area contributed by atoms with Crippen molar-refractivity contribution in [3.05, 3.63) is 36.7 Å². The average molecular weight is 267 g/mol. The highest BCUT2D eigenvalue weighted by Crippen LogP contribution is 2.30. The van der Waals surface area contributed by atoms with E-state index in [1.54, 1.807) is 0 Å². The summed E-state index contributed by atoms with van der Waals surface area (Å²) in [4.78, 5) is 8.45. The lowest BCUT2D eigenvalue weighted by Gasteiger charge is -2.05. The molecule has 3 aromatic rings. The number of anilines is 1. The summed E-state index contributed by atoms with van der Waals surface area (Å²) in [5.74, 6) is 0.960. The number of fused-ring (bicyclic) bond motifs is 1. The van der Waals surface area contributed by atoms with Gasteiger partial charge < -0.3 is 5.73 Å². The minimum absolute atomic E-state index is 0.476. The molecule has 0 unspecified atom stereocenters. The van der Waals surface area contributed by atoms with E-state index in [1.165, 1.54) is 6.33 Å². The van der Waals surface area contributed by atoms with Crippen LogP contribution in [0.15, 0.2) is 36.7 Å². The molecule has 0 radical (unpaired) electrons. The van der Waals surface area contributed by atoms with E-state index in [0.717, 1.165) is 28.8 Å². The zero-order valence-electron chi connectivity index (χ0n) is 11.6. The molecule has 0 aliphatic carbocycles. The molecule has 2 heterocycles. The van der Waals surface area contributed by atoms with Crippen molar-refractivity contribution in [2.45, 2.75) is 20.4 Å². The van der Waals surface area contributed by atoms with Crippen LogP contribution in [-0.4, -0.2) is 19.7 Å². The summed E-state index contributed by atoms with van der Waals surface area (Å²) in [6.45, 7) is 5.11. The maximum absolute atomic E-state index is 6.03. The van der Waals surface area contributed by atoms with Gasteiger partial charge in [-0.3, -0.25) is 0 Å². The third kappa shape index (κ3) is 2.11. The van der Waals surface area contributed by atoms with Gasteiger partial charge in [-0.25, -0.2) is 14.6 Å². The van der Waals surface area contributed by atoms with Crippen LogP contribution < -0.4 is 5.73 Å². The topological polar surface area (TPSA) is 69.6 Å². The summed E-state index contributed by atoms with van der Waals surface area (Å²) >= 11 is 0. The van der Waals surface area contributed by atoms with Gasteiger partial charge in [0.2, 0.25) is 0 Å². The largest absolute Gasteiger partial charge is 0.383 e. The molecular formula is C15H17N5. The van der Waals surface area contributed by atoms with Gasteiger partial charge in [-0.15, -0.1) is 0 Å². The first-order valence-electron chi connectivity index (χ1n) is 6.69. The monoisotopic (exact) mass is 267 g/mol. The number of nitrogens with two attached hydrogens (primary N) is 1. The second-order valence-electron chi connectivity index (χ2n) is 5.25. The van der Waals surface area contributed by atoms with Crippen LogP contribution in [0.3, 0.4) is 0 Å². The first-order chi connectivity index (χ1) is 9.66. The minimum Gasteiger partial charge on any atom is -0.383 e. The van der Waals surface area contributed by atoms with Crippen molar-refractivity contribution >= 4 is 16.9 Å². The van der Waals surface area contributed by atoms with Gasteiger partial charge in [0.05, 0.1) is 5.39 Å². The lowest BCUT2D eigenvalue weighted by Crippen LogP contribution is -2.07. The van der Waals surface area contributed by atoms with Crippen molar-refractivity contribution in [1.82, 2.24) is 19.7 Å². The first kappa shape index (κ1) is 12.6. The molecule has 5 nitrogen and oxygen atoms in total. The molecule has 3 rings (SSSR count). The van der Waals surface area contributed by atoms with Crippen molar-refractivity contribution in [2.75, 3.05) is 5.73 Å². The fraction of sp³-hybridized carbons (Fsp3) is 0.267. The molecule has 0 saturated heterocycles. The van der Waals surface area contributed by atoms with Gasteiger partial charge in [-0.05, 0) is 5.92 Å². The van der Waals surface area contributed by atoms with Crippen molar-refractivity contribution in [3.8, 4) is 11.3 Å². The summed E-state index contributed by atoms with van der Waals surface area (Å²) in [6, 6.07) is 10.0. The summed E-state index contributed by atoms with van der Waals surface area (Å²) in [7, 11) is 0. The zero-order chi connectivity index (χ0) is 14.1. The van der Waals surface area contributed by atoms with Crippen LogP contribution in [0.25, 0.3) is 22.3 Å². The number of hydrogen-bond donors (Lipinski definition) is 1. The Labute approximate surface area is 117 Å². The maximum atomic E-state index is 6.03. The van der Waals surface area contributed by atoms with Crippen LogP contribution in [-0.2, 0) is 6.54 Å². The van der Waals surface area contributed by atoms with Crippen LogP contribution in [0.5, 0.6) is 0 Å². The number of aromatic nitrogens is 4. The fourth-order valence-electron chi connectivity index (χ4n) is 2.30. The van der Waals surface area contributed by atoms with Crippen LogP contribution in [0.4, 0.5) is 5.82 Å². The fourth-order valence-corrected chi connectivity index (χ4v) is 2.30. The number of nitrogen functional groups attached to an aromatic ring is 1. The Morgan fingerprint density at radius 1 is 1.15 bits per heavy atom. The summed E-state index contributed by atoms with van der Waals surface area (Å²) < 4.78 is 1.92. The van der Waals surface area contributed by atoms with Gasteiger partial charge in [0, 0.05) is 12.1 Å². The second kappa shape index (κ2) is 4.92.